The van der Waals surface area contributed by atoms with Crippen LogP contribution in [0.15, 0.2) is 71.4 Å². The molecule has 0 saturated heterocycles. The van der Waals surface area contributed by atoms with Crippen LogP contribution in [-0.2, 0) is 22.3 Å². The highest BCUT2D eigenvalue weighted by molar-refractivity contribution is 7.15. The Labute approximate surface area is 204 Å². The summed E-state index contributed by atoms with van der Waals surface area (Å²) >= 11 is 1.48. The van der Waals surface area contributed by atoms with Crippen molar-refractivity contribution in [3.63, 3.8) is 0 Å². The van der Waals surface area contributed by atoms with Gasteiger partial charge in [-0.3, -0.25) is 4.79 Å². The predicted molar refractivity (Wildman–Crippen MR) is 125 cm³/mol. The largest absolute Gasteiger partial charge is 0.488 e. The van der Waals surface area contributed by atoms with Gasteiger partial charge in [-0.2, -0.15) is 13.2 Å². The first-order valence-electron chi connectivity index (χ1n) is 10.7. The number of esters is 1. The van der Waals surface area contributed by atoms with Gasteiger partial charge in [0.25, 0.3) is 0 Å². The summed E-state index contributed by atoms with van der Waals surface area (Å²) in [5.41, 5.74) is 2.57. The van der Waals surface area contributed by atoms with E-state index in [1.807, 2.05) is 37.3 Å². The lowest BCUT2D eigenvalue weighted by Crippen LogP contribution is -2.10. The fourth-order valence-corrected chi connectivity index (χ4v) is 4.71. The number of halogens is 3. The quantitative estimate of drug-likeness (QED) is 0.243. The van der Waals surface area contributed by atoms with E-state index in [0.29, 0.717) is 18.1 Å². The maximum atomic E-state index is 12.8. The molecule has 0 aliphatic rings. The van der Waals surface area contributed by atoms with Gasteiger partial charge in [0.2, 0.25) is 0 Å². The van der Waals surface area contributed by atoms with Crippen LogP contribution in [0.4, 0.5) is 13.2 Å². The Hall–Kier alpha value is -3.59. The number of aromatic nitrogens is 1. The number of carbonyl (C=O) groups is 1. The minimum atomic E-state index is -4.35. The summed E-state index contributed by atoms with van der Waals surface area (Å²) in [6, 6.07) is 16.2. The molecule has 0 fully saturated rings. The van der Waals surface area contributed by atoms with Gasteiger partial charge in [-0.1, -0.05) is 29.4 Å². The lowest BCUT2D eigenvalue weighted by atomic mass is 9.92. The highest BCUT2D eigenvalue weighted by Gasteiger charge is 2.30. The molecule has 35 heavy (non-hydrogen) atoms. The summed E-state index contributed by atoms with van der Waals surface area (Å²) in [6.07, 6.45) is -2.77. The van der Waals surface area contributed by atoms with Crippen LogP contribution in [0.25, 0.3) is 10.4 Å². The lowest BCUT2D eigenvalue weighted by molar-refractivity contribution is -0.141. The van der Waals surface area contributed by atoms with Crippen LogP contribution < -0.4 is 4.74 Å². The Morgan fingerprint density at radius 3 is 2.40 bits per heavy atom. The van der Waals surface area contributed by atoms with E-state index in [1.54, 1.807) is 6.07 Å². The number of aryl methyl sites for hydroxylation is 1. The molecule has 2 aromatic heterocycles. The van der Waals surface area contributed by atoms with Crippen LogP contribution in [0.1, 0.15) is 39.6 Å². The molecule has 0 spiro atoms. The normalized spacial score (nSPS) is 12.4. The zero-order valence-corrected chi connectivity index (χ0v) is 19.8. The number of ether oxygens (including phenoxy) is 2. The molecule has 0 N–H and O–H groups in total. The number of carbonyl (C=O) groups excluding carboxylic acids is 1. The second-order valence-electron chi connectivity index (χ2n) is 7.91. The van der Waals surface area contributed by atoms with Crippen molar-refractivity contribution < 1.29 is 32.0 Å². The van der Waals surface area contributed by atoms with E-state index in [9.17, 15) is 18.0 Å². The van der Waals surface area contributed by atoms with E-state index in [2.05, 4.69) is 5.16 Å². The van der Waals surface area contributed by atoms with Crippen molar-refractivity contribution in [2.45, 2.75) is 32.0 Å². The average Bonchev–Trinajstić information content (AvgIpc) is 3.51. The number of rotatable bonds is 8. The van der Waals surface area contributed by atoms with Gasteiger partial charge in [0.1, 0.15) is 18.6 Å². The Morgan fingerprint density at radius 2 is 1.80 bits per heavy atom. The summed E-state index contributed by atoms with van der Waals surface area (Å²) in [5.74, 6) is -0.00830. The third-order valence-electron chi connectivity index (χ3n) is 5.58. The van der Waals surface area contributed by atoms with Crippen LogP contribution in [0.5, 0.6) is 5.75 Å². The fourth-order valence-electron chi connectivity index (χ4n) is 3.62. The molecule has 4 rings (SSSR count). The van der Waals surface area contributed by atoms with Gasteiger partial charge in [-0.05, 0) is 53.9 Å². The molecule has 2 heterocycles. The molecule has 2 aromatic carbocycles. The van der Waals surface area contributed by atoms with Gasteiger partial charge >= 0.3 is 12.1 Å². The summed E-state index contributed by atoms with van der Waals surface area (Å²) in [6.45, 7) is 2.27. The first-order chi connectivity index (χ1) is 16.7. The standard InChI is InChI=1S/C26H22F3NO4S/c1-16-13-23(18-3-7-19(8-4-18)26(27,28)29)35-24(16)15-33-20-9-5-17(6-10-20)21(14-25(31)32-2)22-11-12-34-30-22/h3-13,21H,14-15H2,1-2H3/t21-/m0/s1. The Bertz CT molecular complexity index is 1260. The minimum Gasteiger partial charge on any atom is -0.488 e. The number of thiophene rings is 1. The van der Waals surface area contributed by atoms with E-state index in [4.69, 9.17) is 14.0 Å². The smallest absolute Gasteiger partial charge is 0.416 e. The van der Waals surface area contributed by atoms with E-state index < -0.39 is 11.7 Å². The van der Waals surface area contributed by atoms with Crippen molar-refractivity contribution in [1.82, 2.24) is 5.16 Å². The first kappa shape index (κ1) is 24.5. The molecule has 4 aromatic rings. The van der Waals surface area contributed by atoms with Gasteiger partial charge in [0.15, 0.2) is 0 Å². The number of methoxy groups -OCH3 is 1. The highest BCUT2D eigenvalue weighted by atomic mass is 32.1. The van der Waals surface area contributed by atoms with Gasteiger partial charge in [0, 0.05) is 21.7 Å². The molecule has 0 aliphatic carbocycles. The minimum absolute atomic E-state index is 0.129. The van der Waals surface area contributed by atoms with E-state index in [0.717, 1.165) is 38.6 Å². The molecule has 0 radical (unpaired) electrons. The number of benzene rings is 2. The number of hydrogen-bond acceptors (Lipinski definition) is 6. The third-order valence-corrected chi connectivity index (χ3v) is 6.84. The number of nitrogens with zero attached hydrogens (tertiary/aromatic N) is 1. The van der Waals surface area contributed by atoms with Crippen LogP contribution in [0.2, 0.25) is 0 Å². The average molecular weight is 502 g/mol. The van der Waals surface area contributed by atoms with Crippen molar-refractivity contribution in [2.24, 2.45) is 0 Å². The van der Waals surface area contributed by atoms with E-state index >= 15 is 0 Å². The third kappa shape index (κ3) is 5.92. The maximum absolute atomic E-state index is 12.8. The first-order valence-corrected chi connectivity index (χ1v) is 11.5. The molecule has 182 valence electrons. The van der Waals surface area contributed by atoms with Crippen molar-refractivity contribution in [1.29, 1.82) is 0 Å². The monoisotopic (exact) mass is 501 g/mol. The molecule has 0 amide bonds. The van der Waals surface area contributed by atoms with Gasteiger partial charge in [0.05, 0.1) is 24.8 Å². The van der Waals surface area contributed by atoms with Crippen molar-refractivity contribution in [3.05, 3.63) is 94.2 Å². The lowest BCUT2D eigenvalue weighted by Gasteiger charge is -2.14. The van der Waals surface area contributed by atoms with Gasteiger partial charge in [-0.15, -0.1) is 11.3 Å². The molecule has 0 aliphatic heterocycles. The second-order valence-corrected chi connectivity index (χ2v) is 9.04. The molecule has 0 bridgehead atoms. The molecular formula is C26H22F3NO4S. The van der Waals surface area contributed by atoms with Gasteiger partial charge < -0.3 is 14.0 Å². The topological polar surface area (TPSA) is 61.6 Å². The summed E-state index contributed by atoms with van der Waals surface area (Å²) in [7, 11) is 1.34. The zero-order valence-electron chi connectivity index (χ0n) is 19.0. The zero-order chi connectivity index (χ0) is 25.0. The second kappa shape index (κ2) is 10.4. The molecule has 0 unspecified atom stereocenters. The predicted octanol–water partition coefficient (Wildman–Crippen LogP) is 7.00. The van der Waals surface area contributed by atoms with Crippen LogP contribution in [-0.4, -0.2) is 18.2 Å². The molecule has 9 heteroatoms. The summed E-state index contributed by atoms with van der Waals surface area (Å²) in [5, 5.41) is 3.96. The van der Waals surface area contributed by atoms with Crippen molar-refractivity contribution in [2.75, 3.05) is 7.11 Å². The fraction of sp³-hybridized carbons (Fsp3) is 0.231. The molecule has 0 saturated carbocycles. The van der Waals surface area contributed by atoms with Crippen molar-refractivity contribution in [3.8, 4) is 16.2 Å². The van der Waals surface area contributed by atoms with Crippen molar-refractivity contribution >= 4 is 17.3 Å². The van der Waals surface area contributed by atoms with Crippen LogP contribution in [0, 0.1) is 6.92 Å². The highest BCUT2D eigenvalue weighted by Crippen LogP contribution is 2.35. The van der Waals surface area contributed by atoms with E-state index in [-0.39, 0.29) is 18.3 Å². The van der Waals surface area contributed by atoms with Crippen LogP contribution >= 0.6 is 11.3 Å². The Balaban J connectivity index is 1.44. The summed E-state index contributed by atoms with van der Waals surface area (Å²) < 4.78 is 54.2. The molecular weight excluding hydrogens is 479 g/mol. The van der Waals surface area contributed by atoms with Gasteiger partial charge in [-0.25, -0.2) is 0 Å². The molecule has 1 atom stereocenters. The van der Waals surface area contributed by atoms with Crippen LogP contribution in [0.3, 0.4) is 0 Å². The summed E-state index contributed by atoms with van der Waals surface area (Å²) in [4.78, 5) is 13.7. The maximum Gasteiger partial charge on any atom is 0.416 e. The van der Waals surface area contributed by atoms with E-state index in [1.165, 1.54) is 36.8 Å². The Morgan fingerprint density at radius 1 is 1.09 bits per heavy atom. The molecule has 5 nitrogen and oxygen atoms in total. The number of alkyl halides is 3. The number of hydrogen-bond donors (Lipinski definition) is 0. The SMILES string of the molecule is COC(=O)C[C@@H](c1ccc(OCc2sc(-c3ccc(C(F)(F)F)cc3)cc2C)cc1)c1ccon1. The Kier molecular flexibility index (Phi) is 7.25.